The van der Waals surface area contributed by atoms with E-state index < -0.39 is 28.8 Å². The molecule has 0 saturated carbocycles. The Bertz CT molecular complexity index is 878. The van der Waals surface area contributed by atoms with Gasteiger partial charge in [-0.3, -0.25) is 9.59 Å². The van der Waals surface area contributed by atoms with Crippen molar-refractivity contribution in [3.8, 4) is 5.69 Å². The van der Waals surface area contributed by atoms with Crippen molar-refractivity contribution in [2.75, 3.05) is 13.1 Å². The van der Waals surface area contributed by atoms with E-state index in [2.05, 4.69) is 15.7 Å². The summed E-state index contributed by atoms with van der Waals surface area (Å²) in [6, 6.07) is 5.93. The lowest BCUT2D eigenvalue weighted by molar-refractivity contribution is -0.137. The zero-order valence-corrected chi connectivity index (χ0v) is 15.2. The third-order valence-electron chi connectivity index (χ3n) is 3.88. The number of likely N-dealkylation sites (N-methyl/N-ethyl adjacent to an activating group) is 1. The summed E-state index contributed by atoms with van der Waals surface area (Å²) in [5, 5.41) is 9.57. The Balaban J connectivity index is 2.43. The van der Waals surface area contributed by atoms with Crippen LogP contribution in [0.5, 0.6) is 0 Å². The molecule has 0 aliphatic rings. The van der Waals surface area contributed by atoms with Gasteiger partial charge in [0.1, 0.15) is 0 Å². The number of halogens is 3. The molecule has 1 heterocycles. The molecule has 0 spiro atoms. The van der Waals surface area contributed by atoms with Crippen molar-refractivity contribution >= 4 is 5.91 Å². The van der Waals surface area contributed by atoms with Crippen molar-refractivity contribution in [3.63, 3.8) is 0 Å². The first-order valence-electron chi connectivity index (χ1n) is 8.44. The number of rotatable bonds is 6. The molecular formula is C18H21F3N4O2. The van der Waals surface area contributed by atoms with Crippen LogP contribution >= 0.6 is 0 Å². The second-order valence-electron chi connectivity index (χ2n) is 6.09. The second kappa shape index (κ2) is 8.34. The van der Waals surface area contributed by atoms with Gasteiger partial charge in [-0.2, -0.15) is 18.3 Å². The lowest BCUT2D eigenvalue weighted by Crippen LogP contribution is -2.40. The fraction of sp³-hybridized carbons (Fsp3) is 0.389. The molecule has 0 aliphatic carbocycles. The van der Waals surface area contributed by atoms with Gasteiger partial charge >= 0.3 is 6.18 Å². The number of benzene rings is 1. The summed E-state index contributed by atoms with van der Waals surface area (Å²) in [7, 11) is 0. The molecule has 27 heavy (non-hydrogen) atoms. The third-order valence-corrected chi connectivity index (χ3v) is 3.88. The number of amides is 1. The molecule has 2 rings (SSSR count). The van der Waals surface area contributed by atoms with Crippen molar-refractivity contribution in [1.82, 2.24) is 20.4 Å². The van der Waals surface area contributed by atoms with E-state index in [1.54, 1.807) is 0 Å². The van der Waals surface area contributed by atoms with Crippen LogP contribution in [0.3, 0.4) is 0 Å². The number of alkyl halides is 3. The van der Waals surface area contributed by atoms with Crippen LogP contribution in [-0.2, 0) is 6.18 Å². The predicted molar refractivity (Wildman–Crippen MR) is 95.0 cm³/mol. The van der Waals surface area contributed by atoms with Crippen molar-refractivity contribution < 1.29 is 18.0 Å². The van der Waals surface area contributed by atoms with Crippen LogP contribution in [0.2, 0.25) is 0 Å². The Morgan fingerprint density at radius 1 is 1.30 bits per heavy atom. The summed E-state index contributed by atoms with van der Waals surface area (Å²) >= 11 is 0. The van der Waals surface area contributed by atoms with Crippen molar-refractivity contribution in [2.45, 2.75) is 33.0 Å². The Morgan fingerprint density at radius 3 is 2.59 bits per heavy atom. The number of hydrogen-bond acceptors (Lipinski definition) is 4. The molecule has 0 bridgehead atoms. The first-order chi connectivity index (χ1) is 12.6. The van der Waals surface area contributed by atoms with Gasteiger partial charge in [0.25, 0.3) is 5.91 Å². The quantitative estimate of drug-likeness (QED) is 0.804. The van der Waals surface area contributed by atoms with Gasteiger partial charge in [-0.15, -0.1) is 0 Å². The number of nitrogens with one attached hydrogen (secondary N) is 2. The molecule has 0 radical (unpaired) electrons. The average Bonchev–Trinajstić information content (AvgIpc) is 2.59. The number of hydrogen-bond donors (Lipinski definition) is 2. The van der Waals surface area contributed by atoms with Crippen LogP contribution < -0.4 is 16.1 Å². The number of nitrogens with zero attached hydrogens (tertiary/aromatic N) is 2. The Hall–Kier alpha value is -2.68. The van der Waals surface area contributed by atoms with Crippen LogP contribution in [0.1, 0.15) is 35.6 Å². The Labute approximate surface area is 154 Å². The zero-order valence-electron chi connectivity index (χ0n) is 15.2. The molecule has 146 valence electrons. The summed E-state index contributed by atoms with van der Waals surface area (Å²) < 4.78 is 40.9. The van der Waals surface area contributed by atoms with Crippen LogP contribution in [0.4, 0.5) is 13.2 Å². The summed E-state index contributed by atoms with van der Waals surface area (Å²) in [5.41, 5.74) is -2.08. The number of aryl methyl sites for hydroxylation is 1. The zero-order chi connectivity index (χ0) is 20.2. The summed E-state index contributed by atoms with van der Waals surface area (Å²) in [4.78, 5) is 24.5. The molecule has 1 aromatic heterocycles. The van der Waals surface area contributed by atoms with Gasteiger partial charge in [-0.25, -0.2) is 4.68 Å². The first-order valence-corrected chi connectivity index (χ1v) is 8.44. The van der Waals surface area contributed by atoms with Gasteiger partial charge in [0.2, 0.25) is 5.43 Å². The van der Waals surface area contributed by atoms with E-state index in [-0.39, 0.29) is 24.0 Å². The number of carbonyl (C=O) groups excluding carboxylic acids is 1. The molecule has 1 aromatic carbocycles. The Kier molecular flexibility index (Phi) is 6.37. The van der Waals surface area contributed by atoms with Gasteiger partial charge < -0.3 is 10.6 Å². The maximum Gasteiger partial charge on any atom is 0.418 e. The summed E-state index contributed by atoms with van der Waals surface area (Å²) in [6.07, 6.45) is -4.60. The highest BCUT2D eigenvalue weighted by atomic mass is 19.4. The smallest absolute Gasteiger partial charge is 0.349 e. The largest absolute Gasteiger partial charge is 0.418 e. The van der Waals surface area contributed by atoms with Gasteiger partial charge in [0.05, 0.1) is 11.3 Å². The van der Waals surface area contributed by atoms with Crippen LogP contribution in [0, 0.1) is 6.92 Å². The molecule has 9 heteroatoms. The highest BCUT2D eigenvalue weighted by Gasteiger charge is 2.34. The standard InChI is InChI=1S/C18H21F3N4O2/c1-4-22-11(2)10-23-17(27)16-15(26)9-12(3)25(24-16)14-8-6-5-7-13(14)18(19,20)21/h5-9,11,22H,4,10H2,1-3H3,(H,23,27)/t11-/m1/s1. The molecule has 0 aliphatic heterocycles. The minimum Gasteiger partial charge on any atom is -0.349 e. The van der Waals surface area contributed by atoms with E-state index in [0.717, 1.165) is 16.8 Å². The topological polar surface area (TPSA) is 76.0 Å². The van der Waals surface area contributed by atoms with Crippen molar-refractivity contribution in [3.05, 3.63) is 57.5 Å². The highest BCUT2D eigenvalue weighted by Crippen LogP contribution is 2.33. The number of aromatic nitrogens is 2. The molecule has 6 nitrogen and oxygen atoms in total. The monoisotopic (exact) mass is 382 g/mol. The van der Waals surface area contributed by atoms with Gasteiger partial charge in [-0.1, -0.05) is 19.1 Å². The predicted octanol–water partition coefficient (Wildman–Crippen LogP) is 2.29. The van der Waals surface area contributed by atoms with Crippen LogP contribution in [0.25, 0.3) is 5.69 Å². The fourth-order valence-corrected chi connectivity index (χ4v) is 2.60. The summed E-state index contributed by atoms with van der Waals surface area (Å²) in [5.74, 6) is -0.733. The van der Waals surface area contributed by atoms with E-state index in [1.165, 1.54) is 25.1 Å². The maximum absolute atomic E-state index is 13.3. The molecule has 0 unspecified atom stereocenters. The minimum absolute atomic E-state index is 0.0300. The lowest BCUT2D eigenvalue weighted by atomic mass is 10.1. The van der Waals surface area contributed by atoms with E-state index in [4.69, 9.17) is 0 Å². The second-order valence-corrected chi connectivity index (χ2v) is 6.09. The van der Waals surface area contributed by atoms with E-state index in [9.17, 15) is 22.8 Å². The SMILES string of the molecule is CCN[C@H](C)CNC(=O)c1nn(-c2ccccc2C(F)(F)F)c(C)cc1=O. The average molecular weight is 382 g/mol. The normalized spacial score (nSPS) is 12.7. The minimum atomic E-state index is -4.60. The molecule has 0 saturated heterocycles. The molecule has 0 fully saturated rings. The number of carbonyl (C=O) groups is 1. The molecule has 2 aromatic rings. The van der Waals surface area contributed by atoms with Crippen LogP contribution in [0.15, 0.2) is 35.1 Å². The van der Waals surface area contributed by atoms with E-state index >= 15 is 0 Å². The lowest BCUT2D eigenvalue weighted by Gasteiger charge is -2.17. The van der Waals surface area contributed by atoms with Gasteiger partial charge in [-0.05, 0) is 32.5 Å². The molecule has 1 amide bonds. The first kappa shape index (κ1) is 20.6. The Morgan fingerprint density at radius 2 is 1.96 bits per heavy atom. The fourth-order valence-electron chi connectivity index (χ4n) is 2.60. The van der Waals surface area contributed by atoms with Crippen molar-refractivity contribution in [2.24, 2.45) is 0 Å². The third kappa shape index (κ3) is 4.94. The molecule has 2 N–H and O–H groups in total. The molecule has 1 atom stereocenters. The van der Waals surface area contributed by atoms with E-state index in [1.807, 2.05) is 13.8 Å². The summed E-state index contributed by atoms with van der Waals surface area (Å²) in [6.45, 7) is 6.18. The van der Waals surface area contributed by atoms with Crippen molar-refractivity contribution in [1.29, 1.82) is 0 Å². The molecular weight excluding hydrogens is 361 g/mol. The van der Waals surface area contributed by atoms with Gasteiger partial charge in [0.15, 0.2) is 5.69 Å². The van der Waals surface area contributed by atoms with Crippen LogP contribution in [-0.4, -0.2) is 34.8 Å². The number of para-hydroxylation sites is 1. The maximum atomic E-state index is 13.3. The van der Waals surface area contributed by atoms with Gasteiger partial charge in [0, 0.05) is 24.3 Å². The van der Waals surface area contributed by atoms with E-state index in [0.29, 0.717) is 6.54 Å². The highest BCUT2D eigenvalue weighted by molar-refractivity contribution is 5.92.